The molecule has 26 heavy (non-hydrogen) atoms. The van der Waals surface area contributed by atoms with Gasteiger partial charge in [0.15, 0.2) is 0 Å². The van der Waals surface area contributed by atoms with Crippen LogP contribution in [0, 0.1) is 5.92 Å². The number of carboxylic acid groups (broad SMARTS) is 1. The van der Waals surface area contributed by atoms with Gasteiger partial charge in [-0.25, -0.2) is 0 Å². The predicted molar refractivity (Wildman–Crippen MR) is 102 cm³/mol. The van der Waals surface area contributed by atoms with E-state index in [2.05, 4.69) is 41.7 Å². The van der Waals surface area contributed by atoms with Gasteiger partial charge in [0.2, 0.25) is 0 Å². The molecule has 4 heteroatoms. The summed E-state index contributed by atoms with van der Waals surface area (Å²) in [5.74, 6) is 0.167. The van der Waals surface area contributed by atoms with E-state index in [0.717, 1.165) is 38.0 Å². The Morgan fingerprint density at radius 2 is 1.92 bits per heavy atom. The van der Waals surface area contributed by atoms with Crippen LogP contribution in [0.15, 0.2) is 36.4 Å². The van der Waals surface area contributed by atoms with Crippen LogP contribution in [0.2, 0.25) is 0 Å². The maximum absolute atomic E-state index is 10.9. The second-order valence-corrected chi connectivity index (χ2v) is 7.77. The van der Waals surface area contributed by atoms with E-state index in [4.69, 9.17) is 9.84 Å². The highest BCUT2D eigenvalue weighted by atomic mass is 16.5. The highest BCUT2D eigenvalue weighted by Gasteiger charge is 2.33. The smallest absolute Gasteiger partial charge is 0.306 e. The lowest BCUT2D eigenvalue weighted by molar-refractivity contribution is -0.145. The molecule has 0 amide bonds. The number of nitrogens with one attached hydrogen (secondary N) is 1. The fraction of sp³-hybridized carbons (Fsp3) is 0.500. The summed E-state index contributed by atoms with van der Waals surface area (Å²) in [7, 11) is 0. The minimum absolute atomic E-state index is 0.163. The molecule has 2 fully saturated rings. The molecule has 0 atom stereocenters. The Balaban J connectivity index is 1.40. The Bertz CT molecular complexity index is 776. The van der Waals surface area contributed by atoms with Crippen LogP contribution in [0.5, 0.6) is 5.75 Å². The summed E-state index contributed by atoms with van der Waals surface area (Å²) in [6, 6.07) is 13.1. The van der Waals surface area contributed by atoms with Crippen LogP contribution in [0.1, 0.15) is 50.5 Å². The van der Waals surface area contributed by atoms with Crippen LogP contribution >= 0.6 is 0 Å². The topological polar surface area (TPSA) is 58.6 Å². The monoisotopic (exact) mass is 353 g/mol. The quantitative estimate of drug-likeness (QED) is 0.802. The van der Waals surface area contributed by atoms with Crippen molar-refractivity contribution in [2.45, 2.75) is 63.6 Å². The van der Waals surface area contributed by atoms with Crippen molar-refractivity contribution in [1.82, 2.24) is 5.32 Å². The number of hydrogen-bond acceptors (Lipinski definition) is 3. The molecule has 2 aromatic carbocycles. The van der Waals surface area contributed by atoms with E-state index in [-0.39, 0.29) is 5.92 Å². The van der Waals surface area contributed by atoms with Crippen molar-refractivity contribution < 1.29 is 14.6 Å². The van der Waals surface area contributed by atoms with Gasteiger partial charge in [-0.2, -0.15) is 0 Å². The van der Waals surface area contributed by atoms with Crippen LogP contribution in [0.25, 0.3) is 10.8 Å². The summed E-state index contributed by atoms with van der Waals surface area (Å²) >= 11 is 0. The van der Waals surface area contributed by atoms with Crippen molar-refractivity contribution in [1.29, 1.82) is 0 Å². The van der Waals surface area contributed by atoms with Gasteiger partial charge in [0.1, 0.15) is 5.75 Å². The molecule has 4 nitrogen and oxygen atoms in total. The first kappa shape index (κ1) is 17.3. The van der Waals surface area contributed by atoms with Gasteiger partial charge in [0.25, 0.3) is 0 Å². The fourth-order valence-corrected chi connectivity index (χ4v) is 4.13. The number of carbonyl (C=O) groups is 1. The Labute approximate surface area is 154 Å². The first-order chi connectivity index (χ1) is 12.7. The molecule has 0 spiro atoms. The Kier molecular flexibility index (Phi) is 5.11. The van der Waals surface area contributed by atoms with Crippen LogP contribution in [0.4, 0.5) is 0 Å². The van der Waals surface area contributed by atoms with E-state index in [1.807, 2.05) is 0 Å². The highest BCUT2D eigenvalue weighted by molar-refractivity contribution is 5.88. The van der Waals surface area contributed by atoms with Crippen LogP contribution in [-0.2, 0) is 11.3 Å². The fourth-order valence-electron chi connectivity index (χ4n) is 4.13. The zero-order chi connectivity index (χ0) is 17.9. The van der Waals surface area contributed by atoms with E-state index < -0.39 is 5.97 Å². The molecule has 0 unspecified atom stereocenters. The number of aliphatic carboxylic acids is 1. The molecule has 0 bridgehead atoms. The van der Waals surface area contributed by atoms with Crippen molar-refractivity contribution in [2.24, 2.45) is 5.92 Å². The number of fused-ring (bicyclic) bond motifs is 1. The average Bonchev–Trinajstić information content (AvgIpc) is 2.61. The summed E-state index contributed by atoms with van der Waals surface area (Å²) in [6.45, 7) is 0.778. The Morgan fingerprint density at radius 1 is 1.12 bits per heavy atom. The van der Waals surface area contributed by atoms with Gasteiger partial charge in [-0.3, -0.25) is 4.79 Å². The van der Waals surface area contributed by atoms with Crippen LogP contribution in [0.3, 0.4) is 0 Å². The van der Waals surface area contributed by atoms with E-state index in [0.29, 0.717) is 12.1 Å². The molecule has 0 aromatic heterocycles. The lowest BCUT2D eigenvalue weighted by Crippen LogP contribution is -2.43. The second kappa shape index (κ2) is 7.67. The van der Waals surface area contributed by atoms with Gasteiger partial charge in [0.05, 0.1) is 12.0 Å². The predicted octanol–water partition coefficient (Wildman–Crippen LogP) is 4.50. The standard InChI is InChI=1S/C22H27NO3/c24-22(25)17-12-18(13-17)23-14-15-9-10-20-16(11-15)5-4-8-21(20)26-19-6-2-1-3-7-19/h4-5,8-11,17-19,23H,1-3,6-7,12-14H2,(H,24,25). The summed E-state index contributed by atoms with van der Waals surface area (Å²) in [4.78, 5) is 10.9. The number of rotatable bonds is 6. The van der Waals surface area contributed by atoms with Gasteiger partial charge in [-0.1, -0.05) is 30.7 Å². The summed E-state index contributed by atoms with van der Waals surface area (Å²) in [5, 5.41) is 14.8. The average molecular weight is 353 g/mol. The molecule has 2 aliphatic carbocycles. The van der Waals surface area contributed by atoms with Crippen LogP contribution in [-0.4, -0.2) is 23.2 Å². The maximum atomic E-state index is 10.9. The third-order valence-electron chi connectivity index (χ3n) is 5.83. The third kappa shape index (κ3) is 3.85. The summed E-state index contributed by atoms with van der Waals surface area (Å²) in [6.07, 6.45) is 8.04. The van der Waals surface area contributed by atoms with Gasteiger partial charge in [-0.05, 0) is 61.6 Å². The van der Waals surface area contributed by atoms with Crippen molar-refractivity contribution >= 4 is 16.7 Å². The van der Waals surface area contributed by atoms with E-state index in [1.54, 1.807) is 0 Å². The minimum Gasteiger partial charge on any atom is -0.490 e. The zero-order valence-electron chi connectivity index (χ0n) is 15.1. The molecular formula is C22H27NO3. The SMILES string of the molecule is O=C(O)C1CC(NCc2ccc3c(OC4CCCCC4)cccc3c2)C1. The molecule has 2 saturated carbocycles. The number of benzene rings is 2. The Hall–Kier alpha value is -2.07. The zero-order valence-corrected chi connectivity index (χ0v) is 15.1. The van der Waals surface area contributed by atoms with Gasteiger partial charge >= 0.3 is 5.97 Å². The van der Waals surface area contributed by atoms with E-state index >= 15 is 0 Å². The van der Waals surface area contributed by atoms with Gasteiger partial charge in [0, 0.05) is 18.0 Å². The lowest BCUT2D eigenvalue weighted by atomic mass is 9.80. The Morgan fingerprint density at radius 3 is 2.69 bits per heavy atom. The highest BCUT2D eigenvalue weighted by Crippen LogP contribution is 2.31. The molecule has 2 aliphatic rings. The maximum Gasteiger partial charge on any atom is 0.306 e. The molecule has 138 valence electrons. The first-order valence-electron chi connectivity index (χ1n) is 9.83. The molecular weight excluding hydrogens is 326 g/mol. The number of ether oxygens (including phenoxy) is 1. The van der Waals surface area contributed by atoms with Crippen molar-refractivity contribution in [3.63, 3.8) is 0 Å². The molecule has 4 rings (SSSR count). The first-order valence-corrected chi connectivity index (χ1v) is 9.83. The molecule has 0 aliphatic heterocycles. The molecule has 0 radical (unpaired) electrons. The molecule has 0 saturated heterocycles. The van der Waals surface area contributed by atoms with Gasteiger partial charge in [-0.15, -0.1) is 0 Å². The van der Waals surface area contributed by atoms with E-state index in [9.17, 15) is 4.79 Å². The minimum atomic E-state index is -0.667. The van der Waals surface area contributed by atoms with Crippen molar-refractivity contribution in [2.75, 3.05) is 0 Å². The third-order valence-corrected chi connectivity index (χ3v) is 5.83. The lowest BCUT2D eigenvalue weighted by Gasteiger charge is -2.33. The molecule has 2 N–H and O–H groups in total. The molecule has 0 heterocycles. The summed E-state index contributed by atoms with van der Waals surface area (Å²) in [5.41, 5.74) is 1.23. The van der Waals surface area contributed by atoms with Crippen LogP contribution < -0.4 is 10.1 Å². The molecule has 2 aromatic rings. The van der Waals surface area contributed by atoms with Gasteiger partial charge < -0.3 is 15.2 Å². The largest absolute Gasteiger partial charge is 0.490 e. The van der Waals surface area contributed by atoms with Crippen molar-refractivity contribution in [3.8, 4) is 5.75 Å². The normalized spacial score (nSPS) is 23.5. The summed E-state index contributed by atoms with van der Waals surface area (Å²) < 4.78 is 6.30. The number of hydrogen-bond donors (Lipinski definition) is 2. The van der Waals surface area contributed by atoms with Crippen molar-refractivity contribution in [3.05, 3.63) is 42.0 Å². The van der Waals surface area contributed by atoms with E-state index in [1.165, 1.54) is 35.6 Å². The second-order valence-electron chi connectivity index (χ2n) is 7.77. The number of carboxylic acids is 1.